The van der Waals surface area contributed by atoms with Crippen LogP contribution in [-0.4, -0.2) is 54.9 Å². The number of likely N-dealkylation sites (tertiary alicyclic amines) is 1. The highest BCUT2D eigenvalue weighted by Gasteiger charge is 2.43. The lowest BCUT2D eigenvalue weighted by atomic mass is 10.1. The second-order valence-electron chi connectivity index (χ2n) is 7.28. The lowest BCUT2D eigenvalue weighted by Gasteiger charge is -2.33. The van der Waals surface area contributed by atoms with Gasteiger partial charge in [0.1, 0.15) is 0 Å². The van der Waals surface area contributed by atoms with E-state index < -0.39 is 0 Å². The average molecular weight is 361 g/mol. The number of aliphatic imine (C=N–C) groups is 1. The highest BCUT2D eigenvalue weighted by atomic mass is 32.2. The van der Waals surface area contributed by atoms with Gasteiger partial charge in [-0.05, 0) is 50.8 Å². The third kappa shape index (κ3) is 5.65. The predicted molar refractivity (Wildman–Crippen MR) is 109 cm³/mol. The van der Waals surface area contributed by atoms with Crippen LogP contribution in [-0.2, 0) is 0 Å². The number of hydrogen-bond acceptors (Lipinski definition) is 3. The predicted octanol–water partition coefficient (Wildman–Crippen LogP) is 3.35. The second kappa shape index (κ2) is 8.95. The van der Waals surface area contributed by atoms with E-state index in [1.54, 1.807) is 0 Å². The molecule has 5 heteroatoms. The highest BCUT2D eigenvalue weighted by molar-refractivity contribution is 8.01. The van der Waals surface area contributed by atoms with Crippen LogP contribution in [0.25, 0.3) is 0 Å². The molecule has 25 heavy (non-hydrogen) atoms. The van der Waals surface area contributed by atoms with Crippen molar-refractivity contribution in [2.45, 2.75) is 54.7 Å². The van der Waals surface area contributed by atoms with Gasteiger partial charge in [-0.25, -0.2) is 0 Å². The van der Waals surface area contributed by atoms with Crippen molar-refractivity contribution in [1.29, 1.82) is 0 Å². The normalized spacial score (nSPS) is 21.1. The van der Waals surface area contributed by atoms with E-state index in [0.29, 0.717) is 10.8 Å². The summed E-state index contributed by atoms with van der Waals surface area (Å²) in [5.41, 5.74) is 0. The first-order valence-electron chi connectivity index (χ1n) is 9.66. The quantitative estimate of drug-likeness (QED) is 0.578. The Morgan fingerprint density at radius 2 is 1.96 bits per heavy atom. The minimum absolute atomic E-state index is 0.351. The Hall–Kier alpha value is -1.20. The van der Waals surface area contributed by atoms with Gasteiger partial charge < -0.3 is 15.5 Å². The minimum Gasteiger partial charge on any atom is -0.355 e. The molecule has 0 aromatic heterocycles. The van der Waals surface area contributed by atoms with Crippen molar-refractivity contribution in [1.82, 2.24) is 15.5 Å². The molecule has 1 aromatic rings. The summed E-state index contributed by atoms with van der Waals surface area (Å²) in [5.74, 6) is 0.967. The standard InChI is InChI=1S/C20H32N4S/c1-3-13-24-14-9-17(10-15-24)23-19(21-2)22-16-20(11-12-20)25-18-7-5-4-6-8-18/h4-8,17H,3,9-16H2,1-2H3,(H2,21,22,23). The number of piperidine rings is 1. The molecule has 1 aliphatic carbocycles. The largest absolute Gasteiger partial charge is 0.355 e. The molecule has 2 fully saturated rings. The van der Waals surface area contributed by atoms with Crippen LogP contribution in [0, 0.1) is 0 Å². The van der Waals surface area contributed by atoms with Gasteiger partial charge in [-0.15, -0.1) is 11.8 Å². The molecule has 1 saturated heterocycles. The van der Waals surface area contributed by atoms with Crippen molar-refractivity contribution in [2.24, 2.45) is 4.99 Å². The van der Waals surface area contributed by atoms with Crippen LogP contribution in [0.5, 0.6) is 0 Å². The van der Waals surface area contributed by atoms with Gasteiger partial charge in [0.2, 0.25) is 0 Å². The number of thioether (sulfide) groups is 1. The molecule has 1 aliphatic heterocycles. The molecule has 2 N–H and O–H groups in total. The fraction of sp³-hybridized carbons (Fsp3) is 0.650. The zero-order valence-electron chi connectivity index (χ0n) is 15.6. The highest BCUT2D eigenvalue weighted by Crippen LogP contribution is 2.51. The smallest absolute Gasteiger partial charge is 0.191 e. The lowest BCUT2D eigenvalue weighted by molar-refractivity contribution is 0.206. The summed E-state index contributed by atoms with van der Waals surface area (Å²) >= 11 is 2.01. The van der Waals surface area contributed by atoms with Gasteiger partial charge in [-0.2, -0.15) is 0 Å². The molecule has 0 bridgehead atoms. The Balaban J connectivity index is 1.42. The van der Waals surface area contributed by atoms with E-state index in [4.69, 9.17) is 0 Å². The van der Waals surface area contributed by atoms with Gasteiger partial charge in [-0.1, -0.05) is 25.1 Å². The molecule has 0 spiro atoms. The molecule has 1 saturated carbocycles. The van der Waals surface area contributed by atoms with E-state index in [2.05, 4.69) is 57.8 Å². The van der Waals surface area contributed by atoms with Crippen LogP contribution in [0.4, 0.5) is 0 Å². The maximum atomic E-state index is 4.45. The molecule has 1 aromatic carbocycles. The van der Waals surface area contributed by atoms with Crippen molar-refractivity contribution < 1.29 is 0 Å². The zero-order valence-corrected chi connectivity index (χ0v) is 16.4. The topological polar surface area (TPSA) is 39.7 Å². The zero-order chi connectivity index (χ0) is 17.5. The summed E-state index contributed by atoms with van der Waals surface area (Å²) < 4.78 is 0.351. The number of rotatable bonds is 7. The summed E-state index contributed by atoms with van der Waals surface area (Å²) in [6.07, 6.45) is 6.25. The molecule has 0 radical (unpaired) electrons. The maximum Gasteiger partial charge on any atom is 0.191 e. The third-order valence-electron chi connectivity index (χ3n) is 5.16. The molecule has 2 aliphatic rings. The van der Waals surface area contributed by atoms with E-state index in [1.165, 1.54) is 56.6 Å². The van der Waals surface area contributed by atoms with Crippen molar-refractivity contribution >= 4 is 17.7 Å². The number of benzene rings is 1. The first kappa shape index (κ1) is 18.6. The Bertz CT molecular complexity index is 548. The van der Waals surface area contributed by atoms with Gasteiger partial charge in [0.15, 0.2) is 5.96 Å². The van der Waals surface area contributed by atoms with Gasteiger partial charge in [-0.3, -0.25) is 4.99 Å². The van der Waals surface area contributed by atoms with Crippen molar-refractivity contribution in [2.75, 3.05) is 33.2 Å². The second-order valence-corrected chi connectivity index (χ2v) is 8.83. The number of guanidine groups is 1. The SMILES string of the molecule is CCCN1CCC(NC(=NC)NCC2(Sc3ccccc3)CC2)CC1. The summed E-state index contributed by atoms with van der Waals surface area (Å²) in [6.45, 7) is 6.89. The molecular formula is C20H32N4S. The van der Waals surface area contributed by atoms with Crippen molar-refractivity contribution in [3.8, 4) is 0 Å². The Kier molecular flexibility index (Phi) is 6.65. The van der Waals surface area contributed by atoms with Crippen molar-refractivity contribution in [3.05, 3.63) is 30.3 Å². The van der Waals surface area contributed by atoms with Crippen LogP contribution in [0.15, 0.2) is 40.2 Å². The molecule has 4 nitrogen and oxygen atoms in total. The van der Waals surface area contributed by atoms with E-state index in [1.807, 2.05) is 18.8 Å². The summed E-state index contributed by atoms with van der Waals surface area (Å²) in [5, 5.41) is 7.22. The molecule has 1 heterocycles. The van der Waals surface area contributed by atoms with Crippen LogP contribution in [0.3, 0.4) is 0 Å². The average Bonchev–Trinajstić information content (AvgIpc) is 3.41. The van der Waals surface area contributed by atoms with Gasteiger partial charge in [0.25, 0.3) is 0 Å². The molecule has 0 amide bonds. The fourth-order valence-electron chi connectivity index (χ4n) is 3.44. The molecule has 0 atom stereocenters. The van der Waals surface area contributed by atoms with Crippen LogP contribution in [0.2, 0.25) is 0 Å². The number of nitrogens with one attached hydrogen (secondary N) is 2. The van der Waals surface area contributed by atoms with Crippen molar-refractivity contribution in [3.63, 3.8) is 0 Å². The Morgan fingerprint density at radius 1 is 1.24 bits per heavy atom. The summed E-state index contributed by atoms with van der Waals surface area (Å²) in [6, 6.07) is 11.3. The van der Waals surface area contributed by atoms with E-state index >= 15 is 0 Å². The molecule has 138 valence electrons. The first-order valence-corrected chi connectivity index (χ1v) is 10.5. The Labute approximate surface area is 156 Å². The maximum absolute atomic E-state index is 4.45. The molecule has 3 rings (SSSR count). The van der Waals surface area contributed by atoms with E-state index in [0.717, 1.165) is 12.5 Å². The molecular weight excluding hydrogens is 328 g/mol. The lowest BCUT2D eigenvalue weighted by Crippen LogP contribution is -2.49. The monoisotopic (exact) mass is 360 g/mol. The summed E-state index contributed by atoms with van der Waals surface area (Å²) in [4.78, 5) is 8.39. The van der Waals surface area contributed by atoms with E-state index in [9.17, 15) is 0 Å². The van der Waals surface area contributed by atoms with Crippen LogP contribution < -0.4 is 10.6 Å². The van der Waals surface area contributed by atoms with Gasteiger partial charge >= 0.3 is 0 Å². The van der Waals surface area contributed by atoms with Gasteiger partial charge in [0.05, 0.1) is 0 Å². The fourth-order valence-corrected chi connectivity index (χ4v) is 4.69. The summed E-state index contributed by atoms with van der Waals surface area (Å²) in [7, 11) is 1.88. The number of nitrogens with zero attached hydrogens (tertiary/aromatic N) is 2. The molecule has 0 unspecified atom stereocenters. The van der Waals surface area contributed by atoms with Gasteiger partial charge in [0, 0.05) is 42.4 Å². The number of hydrogen-bond donors (Lipinski definition) is 2. The van der Waals surface area contributed by atoms with Crippen LogP contribution >= 0.6 is 11.8 Å². The van der Waals surface area contributed by atoms with E-state index in [-0.39, 0.29) is 0 Å². The first-order chi connectivity index (χ1) is 12.2. The Morgan fingerprint density at radius 3 is 2.56 bits per heavy atom. The third-order valence-corrected chi connectivity index (χ3v) is 6.65. The minimum atomic E-state index is 0.351. The van der Waals surface area contributed by atoms with Crippen LogP contribution in [0.1, 0.15) is 39.0 Å².